The molecule has 0 saturated heterocycles. The molecule has 0 radical (unpaired) electrons. The van der Waals surface area contributed by atoms with Gasteiger partial charge in [0.2, 0.25) is 0 Å². The van der Waals surface area contributed by atoms with E-state index in [4.69, 9.17) is 0 Å². The zero-order valence-electron chi connectivity index (χ0n) is 12.8. The number of nitrogens with one attached hydrogen (secondary N) is 1. The maximum atomic E-state index is 12.4. The summed E-state index contributed by atoms with van der Waals surface area (Å²) in [6, 6.07) is 5.51. The van der Waals surface area contributed by atoms with Crippen molar-refractivity contribution in [3.05, 3.63) is 31.3 Å². The van der Waals surface area contributed by atoms with Gasteiger partial charge >= 0.3 is 0 Å². The Bertz CT molecular complexity index is 682. The van der Waals surface area contributed by atoms with E-state index in [0.29, 0.717) is 15.1 Å². The molecule has 0 heterocycles. The Hall–Kier alpha value is -1.07. The lowest BCUT2D eigenvalue weighted by atomic mass is 9.86. The molecule has 4 nitrogen and oxygen atoms in total. The second-order valence-corrected chi connectivity index (χ2v) is 7.91. The molecule has 1 saturated carbocycles. The molecular formula is C17H18BrIN2O2. The second-order valence-electron chi connectivity index (χ2n) is 5.84. The van der Waals surface area contributed by atoms with Crippen molar-refractivity contribution in [2.45, 2.75) is 38.6 Å². The van der Waals surface area contributed by atoms with Gasteiger partial charge < -0.3 is 10.4 Å². The third kappa shape index (κ3) is 4.70. The fraction of sp³-hybridized carbons (Fsp3) is 0.412. The Morgan fingerprint density at radius 3 is 2.83 bits per heavy atom. The van der Waals surface area contributed by atoms with Gasteiger partial charge in [-0.3, -0.25) is 4.79 Å². The number of hydrogen-bond acceptors (Lipinski definition) is 3. The summed E-state index contributed by atoms with van der Waals surface area (Å²) in [5.41, 5.74) is 0.458. The number of rotatable bonds is 3. The molecule has 0 unspecified atom stereocenters. The minimum absolute atomic E-state index is 0.00646. The third-order valence-electron chi connectivity index (χ3n) is 4.15. The average Bonchev–Trinajstić information content (AvgIpc) is 2.51. The van der Waals surface area contributed by atoms with E-state index in [1.165, 1.54) is 12.5 Å². The summed E-state index contributed by atoms with van der Waals surface area (Å²) in [5.74, 6) is 0.119. The zero-order valence-corrected chi connectivity index (χ0v) is 16.5. The largest absolute Gasteiger partial charge is 0.506 e. The van der Waals surface area contributed by atoms with E-state index < -0.39 is 0 Å². The van der Waals surface area contributed by atoms with Crippen LogP contribution in [0.1, 0.15) is 38.2 Å². The Kier molecular flexibility index (Phi) is 6.48. The molecule has 122 valence electrons. The summed E-state index contributed by atoms with van der Waals surface area (Å²) < 4.78 is 1.44. The summed E-state index contributed by atoms with van der Waals surface area (Å²) in [6.07, 6.45) is 5.78. The number of carbonyl (C=O) groups is 1. The summed E-state index contributed by atoms with van der Waals surface area (Å²) in [5, 5.41) is 22.4. The number of nitriles is 1. The van der Waals surface area contributed by atoms with Gasteiger partial charge in [-0.05, 0) is 59.6 Å². The smallest absolute Gasteiger partial charge is 0.262 e. The lowest BCUT2D eigenvalue weighted by Crippen LogP contribution is -2.41. The first-order valence-electron chi connectivity index (χ1n) is 7.53. The van der Waals surface area contributed by atoms with Crippen LogP contribution in [0, 0.1) is 20.8 Å². The molecule has 0 bridgehead atoms. The van der Waals surface area contributed by atoms with Crippen LogP contribution in [-0.2, 0) is 4.79 Å². The molecule has 1 aliphatic rings. The van der Waals surface area contributed by atoms with Crippen LogP contribution < -0.4 is 5.32 Å². The monoisotopic (exact) mass is 488 g/mol. The van der Waals surface area contributed by atoms with Crippen molar-refractivity contribution in [3.63, 3.8) is 0 Å². The SMILES string of the molecule is C[C@@H]1CCCC[C@@H]1NC(=O)/C(C#N)=C/c1cc(Br)cc(I)c1O. The molecule has 0 aromatic heterocycles. The first kappa shape index (κ1) is 18.3. The molecule has 1 fully saturated rings. The Morgan fingerprint density at radius 2 is 2.17 bits per heavy atom. The van der Waals surface area contributed by atoms with Crippen LogP contribution in [0.4, 0.5) is 0 Å². The second kappa shape index (κ2) is 8.15. The predicted octanol–water partition coefficient (Wildman–Crippen LogP) is 4.36. The molecule has 0 aliphatic heterocycles. The minimum atomic E-state index is -0.374. The van der Waals surface area contributed by atoms with E-state index in [2.05, 4.69) is 28.2 Å². The van der Waals surface area contributed by atoms with Crippen molar-refractivity contribution in [2.75, 3.05) is 0 Å². The van der Waals surface area contributed by atoms with Crippen molar-refractivity contribution in [1.29, 1.82) is 5.26 Å². The van der Waals surface area contributed by atoms with Gasteiger partial charge in [-0.1, -0.05) is 35.7 Å². The van der Waals surface area contributed by atoms with E-state index >= 15 is 0 Å². The van der Waals surface area contributed by atoms with E-state index in [0.717, 1.165) is 23.7 Å². The Balaban J connectivity index is 2.22. The van der Waals surface area contributed by atoms with Crippen LogP contribution >= 0.6 is 38.5 Å². The number of benzene rings is 1. The molecule has 1 aliphatic carbocycles. The van der Waals surface area contributed by atoms with Gasteiger partial charge in [0.15, 0.2) is 0 Å². The molecular weight excluding hydrogens is 471 g/mol. The van der Waals surface area contributed by atoms with Gasteiger partial charge in [-0.25, -0.2) is 0 Å². The van der Waals surface area contributed by atoms with Crippen molar-refractivity contribution in [3.8, 4) is 11.8 Å². The van der Waals surface area contributed by atoms with Crippen LogP contribution in [-0.4, -0.2) is 17.1 Å². The van der Waals surface area contributed by atoms with E-state index in [-0.39, 0.29) is 23.3 Å². The molecule has 1 aromatic rings. The quantitative estimate of drug-likeness (QED) is 0.377. The van der Waals surface area contributed by atoms with Gasteiger partial charge in [0.25, 0.3) is 5.91 Å². The molecule has 0 spiro atoms. The van der Waals surface area contributed by atoms with E-state index in [9.17, 15) is 15.2 Å². The number of hydrogen-bond donors (Lipinski definition) is 2. The molecule has 1 aromatic carbocycles. The number of halogens is 2. The first-order valence-corrected chi connectivity index (χ1v) is 9.40. The summed E-state index contributed by atoms with van der Waals surface area (Å²) >= 11 is 5.36. The van der Waals surface area contributed by atoms with Crippen LogP contribution in [0.5, 0.6) is 5.75 Å². The van der Waals surface area contributed by atoms with Crippen LogP contribution in [0.2, 0.25) is 0 Å². The molecule has 2 rings (SSSR count). The Labute approximate surface area is 158 Å². The number of aromatic hydroxyl groups is 1. The highest BCUT2D eigenvalue weighted by molar-refractivity contribution is 14.1. The normalized spacial score (nSPS) is 21.6. The molecule has 6 heteroatoms. The lowest BCUT2D eigenvalue weighted by Gasteiger charge is -2.29. The van der Waals surface area contributed by atoms with Gasteiger partial charge in [0.1, 0.15) is 17.4 Å². The predicted molar refractivity (Wildman–Crippen MR) is 102 cm³/mol. The lowest BCUT2D eigenvalue weighted by molar-refractivity contribution is -0.118. The summed E-state index contributed by atoms with van der Waals surface area (Å²) in [6.45, 7) is 2.13. The summed E-state index contributed by atoms with van der Waals surface area (Å²) in [7, 11) is 0. The number of amides is 1. The maximum Gasteiger partial charge on any atom is 0.262 e. The summed E-state index contributed by atoms with van der Waals surface area (Å²) in [4.78, 5) is 12.4. The topological polar surface area (TPSA) is 73.1 Å². The van der Waals surface area contributed by atoms with Gasteiger partial charge in [0, 0.05) is 16.1 Å². The van der Waals surface area contributed by atoms with Crippen LogP contribution in [0.15, 0.2) is 22.2 Å². The number of carbonyl (C=O) groups excluding carboxylic acids is 1. The van der Waals surface area contributed by atoms with E-state index in [1.54, 1.807) is 12.1 Å². The van der Waals surface area contributed by atoms with Gasteiger partial charge in [0.05, 0.1) is 3.57 Å². The standard InChI is InChI=1S/C17H18BrIN2O2/c1-10-4-2-3-5-15(10)21-17(23)12(9-20)6-11-7-13(18)8-14(19)16(11)22/h6-8,10,15,22H,2-5H2,1H3,(H,21,23)/b12-6+/t10-,15+/m1/s1. The fourth-order valence-electron chi connectivity index (χ4n) is 2.78. The van der Waals surface area contributed by atoms with Crippen molar-refractivity contribution in [1.82, 2.24) is 5.32 Å². The Morgan fingerprint density at radius 1 is 1.48 bits per heavy atom. The fourth-order valence-corrected chi connectivity index (χ4v) is 4.33. The molecule has 1 amide bonds. The molecule has 2 N–H and O–H groups in total. The number of phenols is 1. The third-order valence-corrected chi connectivity index (χ3v) is 5.43. The van der Waals surface area contributed by atoms with Gasteiger partial charge in [-0.15, -0.1) is 0 Å². The first-order chi connectivity index (χ1) is 10.9. The van der Waals surface area contributed by atoms with E-state index in [1.807, 2.05) is 28.7 Å². The zero-order chi connectivity index (χ0) is 17.0. The maximum absolute atomic E-state index is 12.4. The highest BCUT2D eigenvalue weighted by Crippen LogP contribution is 2.30. The van der Waals surface area contributed by atoms with Crippen molar-refractivity contribution < 1.29 is 9.90 Å². The highest BCUT2D eigenvalue weighted by Gasteiger charge is 2.24. The molecule has 2 atom stereocenters. The minimum Gasteiger partial charge on any atom is -0.506 e. The number of nitrogens with zero attached hydrogens (tertiary/aromatic N) is 1. The van der Waals surface area contributed by atoms with Gasteiger partial charge in [-0.2, -0.15) is 5.26 Å². The number of phenolic OH excluding ortho intramolecular Hbond substituents is 1. The highest BCUT2D eigenvalue weighted by atomic mass is 127. The average molecular weight is 489 g/mol. The van der Waals surface area contributed by atoms with Crippen LogP contribution in [0.3, 0.4) is 0 Å². The molecule has 23 heavy (non-hydrogen) atoms. The van der Waals surface area contributed by atoms with Crippen molar-refractivity contribution in [2.24, 2.45) is 5.92 Å². The van der Waals surface area contributed by atoms with Crippen LogP contribution in [0.25, 0.3) is 6.08 Å². The van der Waals surface area contributed by atoms with Crippen molar-refractivity contribution >= 4 is 50.5 Å².